The Morgan fingerprint density at radius 3 is 2.80 bits per heavy atom. The fourth-order valence-electron chi connectivity index (χ4n) is 1.31. The summed E-state index contributed by atoms with van der Waals surface area (Å²) < 4.78 is 21.0. The first-order chi connectivity index (χ1) is 7.59. The van der Waals surface area contributed by atoms with Crippen LogP contribution in [0.5, 0.6) is 0 Å². The fraction of sp³-hybridized carbons (Fsp3) is 0. The van der Waals surface area contributed by atoms with Gasteiger partial charge in [-0.15, -0.1) is 0 Å². The van der Waals surface area contributed by atoms with E-state index < -0.39 is 11.7 Å². The number of primary amides is 1. The zero-order chi connectivity index (χ0) is 11.7. The van der Waals surface area contributed by atoms with E-state index >= 15 is 0 Å². The van der Waals surface area contributed by atoms with Crippen molar-refractivity contribution in [3.05, 3.63) is 47.9 Å². The Morgan fingerprint density at radius 2 is 2.20 bits per heavy atom. The third-order valence-corrected chi connectivity index (χ3v) is 2.07. The van der Waals surface area contributed by atoms with E-state index in [2.05, 4.69) is 0 Å². The monoisotopic (exact) mass is 205 g/mol. The minimum Gasteiger partial charge on any atom is -0.366 e. The predicted molar refractivity (Wildman–Crippen MR) is 54.7 cm³/mol. The minimum absolute atomic E-state index is 0.188. The van der Waals surface area contributed by atoms with E-state index in [1.165, 1.54) is 18.3 Å². The zero-order valence-corrected chi connectivity index (χ0v) is 7.77. The summed E-state index contributed by atoms with van der Waals surface area (Å²) in [4.78, 5) is 11.8. The van der Waals surface area contributed by atoms with Gasteiger partial charge in [0, 0.05) is 17.5 Å². The van der Waals surface area contributed by atoms with Gasteiger partial charge in [-0.05, 0) is 18.2 Å². The van der Waals surface area contributed by atoms with Gasteiger partial charge in [0.15, 0.2) is 1.41 Å². The van der Waals surface area contributed by atoms with Gasteiger partial charge in [-0.25, -0.2) is 4.39 Å². The molecule has 0 bridgehead atoms. The van der Waals surface area contributed by atoms with Gasteiger partial charge in [-0.2, -0.15) is 0 Å². The maximum atomic E-state index is 13.5. The van der Waals surface area contributed by atoms with E-state index in [0.29, 0.717) is 5.69 Å². The number of aromatic nitrogens is 1. The molecule has 0 unspecified atom stereocenters. The Bertz CT molecular complexity index is 551. The SMILES string of the molecule is [2H]n1cc(C(N)=O)cc1-c1ccccc1F. The Balaban J connectivity index is 2.57. The standard InChI is InChI=1S/C11H9FN2O/c12-9-4-2-1-3-8(9)10-5-7(6-14-10)11(13)15/h1-6,14H,(H2,13,15)/i/hD. The van der Waals surface area contributed by atoms with Crippen LogP contribution in [0.25, 0.3) is 11.3 Å². The molecule has 1 aromatic heterocycles. The summed E-state index contributed by atoms with van der Waals surface area (Å²) in [6.07, 6.45) is 1.25. The molecule has 3 N–H and O–H groups in total. The molecule has 0 atom stereocenters. The molecule has 0 aliphatic rings. The van der Waals surface area contributed by atoms with Crippen LogP contribution in [0.2, 0.25) is 1.41 Å². The largest absolute Gasteiger partial charge is 0.366 e. The van der Waals surface area contributed by atoms with Crippen LogP contribution in [0.3, 0.4) is 0 Å². The first-order valence-corrected chi connectivity index (χ1v) is 4.36. The van der Waals surface area contributed by atoms with Crippen molar-refractivity contribution < 1.29 is 10.6 Å². The fourth-order valence-corrected chi connectivity index (χ4v) is 1.31. The second-order valence-electron chi connectivity index (χ2n) is 3.09. The maximum Gasteiger partial charge on any atom is 0.250 e. The number of rotatable bonds is 2. The second-order valence-corrected chi connectivity index (χ2v) is 3.09. The summed E-state index contributed by atoms with van der Waals surface area (Å²) in [5, 5.41) is 0. The molecule has 76 valence electrons. The number of amides is 1. The lowest BCUT2D eigenvalue weighted by Gasteiger charge is -1.98. The number of benzene rings is 1. The van der Waals surface area contributed by atoms with Crippen LogP contribution < -0.4 is 5.73 Å². The molecule has 0 fully saturated rings. The highest BCUT2D eigenvalue weighted by molar-refractivity contribution is 5.93. The lowest BCUT2D eigenvalue weighted by Crippen LogP contribution is -2.09. The van der Waals surface area contributed by atoms with E-state index in [1.54, 1.807) is 18.2 Å². The van der Waals surface area contributed by atoms with Gasteiger partial charge >= 0.3 is 0 Å². The van der Waals surface area contributed by atoms with E-state index in [9.17, 15) is 9.18 Å². The second kappa shape index (κ2) is 3.57. The molecule has 2 rings (SSSR count). The Kier molecular flexibility index (Phi) is 1.96. The van der Waals surface area contributed by atoms with E-state index in [1.807, 2.05) is 0 Å². The highest BCUT2D eigenvalue weighted by Gasteiger charge is 2.08. The summed E-state index contributed by atoms with van der Waals surface area (Å²) >= 11 is 0. The highest BCUT2D eigenvalue weighted by atomic mass is 19.1. The third kappa shape index (κ3) is 1.74. The van der Waals surface area contributed by atoms with Crippen LogP contribution >= 0.6 is 0 Å². The van der Waals surface area contributed by atoms with Gasteiger partial charge in [0.05, 0.1) is 5.56 Å². The number of carbonyl (C=O) groups is 1. The number of hydrogen-bond acceptors (Lipinski definition) is 1. The zero-order valence-electron chi connectivity index (χ0n) is 8.77. The normalized spacial score (nSPS) is 11.1. The minimum atomic E-state index is -0.636. The molecule has 0 aliphatic heterocycles. The summed E-state index contributed by atoms with van der Waals surface area (Å²) in [5.41, 5.74) is 5.84. The maximum absolute atomic E-state index is 13.5. The smallest absolute Gasteiger partial charge is 0.250 e. The molecule has 1 aromatic carbocycles. The van der Waals surface area contributed by atoms with Crippen molar-refractivity contribution in [3.8, 4) is 11.3 Å². The molecule has 15 heavy (non-hydrogen) atoms. The Morgan fingerprint density at radius 1 is 1.47 bits per heavy atom. The van der Waals surface area contributed by atoms with Crippen molar-refractivity contribution in [1.82, 2.24) is 4.98 Å². The topological polar surface area (TPSA) is 58.9 Å². The summed E-state index contributed by atoms with van der Waals surface area (Å²) in [6.45, 7) is 0. The van der Waals surface area contributed by atoms with Crippen molar-refractivity contribution in [1.29, 1.82) is 0 Å². The van der Waals surface area contributed by atoms with Crippen molar-refractivity contribution >= 4 is 5.91 Å². The van der Waals surface area contributed by atoms with Crippen molar-refractivity contribution in [2.45, 2.75) is 0 Å². The molecule has 3 nitrogen and oxygen atoms in total. The lowest BCUT2D eigenvalue weighted by molar-refractivity contribution is 0.100. The van der Waals surface area contributed by atoms with E-state index in [0.717, 1.165) is 4.98 Å². The molecule has 0 radical (unpaired) electrons. The summed E-state index contributed by atoms with van der Waals surface area (Å²) in [6, 6.07) is 7.46. The van der Waals surface area contributed by atoms with Crippen molar-refractivity contribution in [3.63, 3.8) is 0 Å². The van der Waals surface area contributed by atoms with Gasteiger partial charge in [0.2, 0.25) is 5.91 Å². The molecule has 0 aliphatic carbocycles. The average molecular weight is 205 g/mol. The van der Waals surface area contributed by atoms with Crippen LogP contribution in [0, 0.1) is 5.82 Å². The summed E-state index contributed by atoms with van der Waals surface area (Å²) in [7, 11) is 0. The van der Waals surface area contributed by atoms with Crippen molar-refractivity contribution in [2.75, 3.05) is 0 Å². The number of halogens is 1. The van der Waals surface area contributed by atoms with Crippen LogP contribution in [0.15, 0.2) is 36.5 Å². The quantitative estimate of drug-likeness (QED) is 0.773. The summed E-state index contributed by atoms with van der Waals surface area (Å²) in [5.74, 6) is -1.08. The number of nitrogens with two attached hydrogens (primary N) is 1. The number of nitrogens with one attached hydrogen (secondary N) is 1. The lowest BCUT2D eigenvalue weighted by atomic mass is 10.1. The van der Waals surface area contributed by atoms with Crippen LogP contribution in [-0.2, 0) is 0 Å². The number of H-pyrrole nitrogens is 1. The molecule has 4 heteroatoms. The van der Waals surface area contributed by atoms with Gasteiger partial charge in [0.25, 0.3) is 0 Å². The van der Waals surface area contributed by atoms with Gasteiger partial charge in [-0.1, -0.05) is 12.1 Å². The number of carbonyl (C=O) groups excluding carboxylic acids is 1. The Hall–Kier alpha value is -2.10. The van der Waals surface area contributed by atoms with Crippen LogP contribution in [0.4, 0.5) is 4.39 Å². The molecular formula is C11H9FN2O. The Labute approximate surface area is 87.2 Å². The number of hydrogen-bond donors (Lipinski definition) is 2. The molecular weight excluding hydrogens is 195 g/mol. The predicted octanol–water partition coefficient (Wildman–Crippen LogP) is 1.92. The first kappa shape index (κ1) is 8.23. The third-order valence-electron chi connectivity index (χ3n) is 2.07. The van der Waals surface area contributed by atoms with Gasteiger partial charge in [0.1, 0.15) is 5.82 Å². The van der Waals surface area contributed by atoms with Gasteiger partial charge in [-0.3, -0.25) is 4.79 Å². The van der Waals surface area contributed by atoms with Gasteiger partial charge < -0.3 is 10.7 Å². The molecule has 1 heterocycles. The average Bonchev–Trinajstić information content (AvgIpc) is 2.61. The van der Waals surface area contributed by atoms with E-state index in [-0.39, 0.29) is 11.1 Å². The molecule has 2 aromatic rings. The first-order valence-electron chi connectivity index (χ1n) is 4.80. The number of aromatic amines is 1. The molecule has 0 saturated heterocycles. The van der Waals surface area contributed by atoms with Crippen LogP contribution in [0.1, 0.15) is 10.4 Å². The van der Waals surface area contributed by atoms with Crippen molar-refractivity contribution in [2.24, 2.45) is 5.73 Å². The molecule has 0 spiro atoms. The van der Waals surface area contributed by atoms with Crippen LogP contribution in [-0.4, -0.2) is 10.9 Å². The highest BCUT2D eigenvalue weighted by Crippen LogP contribution is 2.21. The molecule has 0 saturated carbocycles. The van der Waals surface area contributed by atoms with E-state index in [4.69, 9.17) is 7.15 Å². The molecule has 1 amide bonds.